The van der Waals surface area contributed by atoms with Crippen LogP contribution in [0.4, 0.5) is 19.1 Å². The lowest BCUT2D eigenvalue weighted by Gasteiger charge is -2.08. The van der Waals surface area contributed by atoms with Crippen LogP contribution in [0.25, 0.3) is 11.0 Å². The number of hydrogen-bond donors (Lipinski definition) is 1. The van der Waals surface area contributed by atoms with E-state index >= 15 is 0 Å². The van der Waals surface area contributed by atoms with Crippen molar-refractivity contribution in [3.8, 4) is 0 Å². The van der Waals surface area contributed by atoms with E-state index in [1.807, 2.05) is 0 Å². The minimum atomic E-state index is -4.37. The molecule has 21 heavy (non-hydrogen) atoms. The fourth-order valence-electron chi connectivity index (χ4n) is 2.25. The van der Waals surface area contributed by atoms with E-state index in [1.54, 1.807) is 11.7 Å². The summed E-state index contributed by atoms with van der Waals surface area (Å²) in [5.41, 5.74) is 6.00. The number of benzene rings is 1. The van der Waals surface area contributed by atoms with Gasteiger partial charge in [-0.15, -0.1) is 0 Å². The van der Waals surface area contributed by atoms with Gasteiger partial charge in [-0.05, 0) is 37.5 Å². The highest BCUT2D eigenvalue weighted by Crippen LogP contribution is 2.31. The Kier molecular flexibility index (Phi) is 4.72. The van der Waals surface area contributed by atoms with Crippen LogP contribution in [-0.2, 0) is 17.5 Å². The average molecular weight is 301 g/mol. The monoisotopic (exact) mass is 301 g/mol. The topological polar surface area (TPSA) is 53.1 Å². The van der Waals surface area contributed by atoms with Crippen molar-refractivity contribution in [2.75, 3.05) is 19.5 Å². The van der Waals surface area contributed by atoms with Crippen molar-refractivity contribution in [2.45, 2.75) is 32.0 Å². The van der Waals surface area contributed by atoms with Crippen LogP contribution in [0, 0.1) is 0 Å². The van der Waals surface area contributed by atoms with Crippen molar-refractivity contribution in [3.05, 3.63) is 23.8 Å². The Morgan fingerprint density at radius 2 is 2.00 bits per heavy atom. The van der Waals surface area contributed by atoms with Gasteiger partial charge in [-0.1, -0.05) is 0 Å². The summed E-state index contributed by atoms with van der Waals surface area (Å²) in [5, 5.41) is 0. The van der Waals surface area contributed by atoms with Crippen LogP contribution in [0.3, 0.4) is 0 Å². The number of aromatic nitrogens is 2. The zero-order valence-corrected chi connectivity index (χ0v) is 11.8. The second-order valence-electron chi connectivity index (χ2n) is 4.88. The van der Waals surface area contributed by atoms with Gasteiger partial charge in [0.15, 0.2) is 0 Å². The summed E-state index contributed by atoms with van der Waals surface area (Å²) in [7, 11) is 1.65. The van der Waals surface area contributed by atoms with E-state index in [1.165, 1.54) is 6.07 Å². The zero-order chi connectivity index (χ0) is 15.5. The lowest BCUT2D eigenvalue weighted by Crippen LogP contribution is -2.05. The van der Waals surface area contributed by atoms with Gasteiger partial charge in [-0.3, -0.25) is 0 Å². The normalized spacial score (nSPS) is 12.2. The maximum absolute atomic E-state index is 12.7. The van der Waals surface area contributed by atoms with E-state index < -0.39 is 11.7 Å². The Balaban J connectivity index is 2.15. The summed E-state index contributed by atoms with van der Waals surface area (Å²) in [6.07, 6.45) is -1.58. The first kappa shape index (κ1) is 15.6. The smallest absolute Gasteiger partial charge is 0.385 e. The third kappa shape index (κ3) is 3.66. The Hall–Kier alpha value is -1.76. The summed E-state index contributed by atoms with van der Waals surface area (Å²) < 4.78 is 44.7. The molecule has 7 heteroatoms. The van der Waals surface area contributed by atoms with Gasteiger partial charge in [0.1, 0.15) is 0 Å². The highest BCUT2D eigenvalue weighted by Gasteiger charge is 2.31. The Morgan fingerprint density at radius 3 is 2.67 bits per heavy atom. The van der Waals surface area contributed by atoms with Crippen LogP contribution in [0.1, 0.15) is 24.8 Å². The van der Waals surface area contributed by atoms with E-state index in [0.717, 1.165) is 31.4 Å². The first-order chi connectivity index (χ1) is 9.93. The Labute approximate surface area is 120 Å². The fourth-order valence-corrected chi connectivity index (χ4v) is 2.25. The van der Waals surface area contributed by atoms with Crippen LogP contribution in [0.15, 0.2) is 18.2 Å². The van der Waals surface area contributed by atoms with E-state index in [0.29, 0.717) is 18.7 Å². The summed E-state index contributed by atoms with van der Waals surface area (Å²) >= 11 is 0. The molecular weight excluding hydrogens is 283 g/mol. The van der Waals surface area contributed by atoms with E-state index in [4.69, 9.17) is 10.5 Å². The van der Waals surface area contributed by atoms with Gasteiger partial charge in [-0.25, -0.2) is 4.98 Å². The molecule has 2 rings (SSSR count). The number of anilines is 1. The molecule has 0 saturated carbocycles. The quantitative estimate of drug-likeness (QED) is 0.831. The van der Waals surface area contributed by atoms with Crippen LogP contribution in [0.5, 0.6) is 0 Å². The third-order valence-corrected chi connectivity index (χ3v) is 3.34. The van der Waals surface area contributed by atoms with Gasteiger partial charge >= 0.3 is 6.18 Å². The van der Waals surface area contributed by atoms with Crippen molar-refractivity contribution >= 4 is 17.0 Å². The number of hydrogen-bond acceptors (Lipinski definition) is 3. The summed E-state index contributed by atoms with van der Waals surface area (Å²) in [5.74, 6) is 0.246. The van der Waals surface area contributed by atoms with Crippen LogP contribution < -0.4 is 5.73 Å². The number of alkyl halides is 3. The largest absolute Gasteiger partial charge is 0.416 e. The highest BCUT2D eigenvalue weighted by atomic mass is 19.4. The number of imidazole rings is 1. The predicted molar refractivity (Wildman–Crippen MR) is 74.9 cm³/mol. The van der Waals surface area contributed by atoms with Gasteiger partial charge < -0.3 is 15.0 Å². The molecule has 0 radical (unpaired) electrons. The van der Waals surface area contributed by atoms with Crippen LogP contribution in [-0.4, -0.2) is 23.3 Å². The first-order valence-corrected chi connectivity index (χ1v) is 6.75. The Morgan fingerprint density at radius 1 is 1.24 bits per heavy atom. The third-order valence-electron chi connectivity index (χ3n) is 3.34. The number of unbranched alkanes of at least 4 members (excludes halogenated alkanes) is 2. The molecule has 0 fully saturated rings. The van der Waals surface area contributed by atoms with Crippen molar-refractivity contribution in [2.24, 2.45) is 0 Å². The molecule has 0 aliphatic rings. The van der Waals surface area contributed by atoms with Gasteiger partial charge in [0.25, 0.3) is 0 Å². The average Bonchev–Trinajstić information content (AvgIpc) is 2.73. The Bertz CT molecular complexity index is 607. The molecule has 2 aromatic rings. The van der Waals surface area contributed by atoms with Crippen LogP contribution >= 0.6 is 0 Å². The van der Waals surface area contributed by atoms with Crippen molar-refractivity contribution in [1.29, 1.82) is 0 Å². The number of fused-ring (bicyclic) bond motifs is 1. The molecule has 0 aliphatic carbocycles. The molecule has 0 spiro atoms. The molecule has 1 aromatic heterocycles. The van der Waals surface area contributed by atoms with Crippen LogP contribution in [0.2, 0.25) is 0 Å². The molecule has 4 nitrogen and oxygen atoms in total. The number of rotatable bonds is 6. The second kappa shape index (κ2) is 6.34. The number of ether oxygens (including phenoxy) is 1. The summed E-state index contributed by atoms with van der Waals surface area (Å²) in [6.45, 7) is 1.34. The minimum absolute atomic E-state index is 0.246. The maximum atomic E-state index is 12.7. The summed E-state index contributed by atoms with van der Waals surface area (Å²) in [6, 6.07) is 3.52. The number of nitrogens with two attached hydrogens (primary N) is 1. The molecule has 0 saturated heterocycles. The van der Waals surface area contributed by atoms with Crippen molar-refractivity contribution in [1.82, 2.24) is 9.55 Å². The molecule has 0 amide bonds. The van der Waals surface area contributed by atoms with Gasteiger partial charge in [-0.2, -0.15) is 13.2 Å². The molecular formula is C14H18F3N3O. The molecule has 0 unspecified atom stereocenters. The molecule has 0 atom stereocenters. The predicted octanol–water partition coefficient (Wildman–Crippen LogP) is 3.45. The number of nitrogen functional groups attached to an aromatic ring is 1. The highest BCUT2D eigenvalue weighted by molar-refractivity contribution is 5.79. The van der Waals surface area contributed by atoms with E-state index in [9.17, 15) is 13.2 Å². The van der Waals surface area contributed by atoms with Crippen molar-refractivity contribution < 1.29 is 17.9 Å². The van der Waals surface area contributed by atoms with Crippen molar-refractivity contribution in [3.63, 3.8) is 0 Å². The molecule has 0 aliphatic heterocycles. The zero-order valence-electron chi connectivity index (χ0n) is 11.8. The number of methoxy groups -OCH3 is 1. The molecule has 116 valence electrons. The lowest BCUT2D eigenvalue weighted by atomic mass is 10.2. The van der Waals surface area contributed by atoms with E-state index in [2.05, 4.69) is 4.98 Å². The van der Waals surface area contributed by atoms with E-state index in [-0.39, 0.29) is 11.5 Å². The molecule has 2 N–H and O–H groups in total. The maximum Gasteiger partial charge on any atom is 0.416 e. The molecule has 0 bridgehead atoms. The standard InChI is InChI=1S/C14H18F3N3O/c1-21-8-4-2-3-7-20-12-6-5-10(14(15,16)17)9-11(12)19-13(20)18/h5-6,9H,2-4,7-8H2,1H3,(H2,18,19). The second-order valence-corrected chi connectivity index (χ2v) is 4.88. The lowest BCUT2D eigenvalue weighted by molar-refractivity contribution is -0.137. The number of halogens is 3. The van der Waals surface area contributed by atoms with Gasteiger partial charge in [0, 0.05) is 20.3 Å². The molecule has 1 aromatic carbocycles. The number of nitrogens with zero attached hydrogens (tertiary/aromatic N) is 2. The summed E-state index contributed by atoms with van der Waals surface area (Å²) in [4.78, 5) is 4.02. The first-order valence-electron chi connectivity index (χ1n) is 6.75. The minimum Gasteiger partial charge on any atom is -0.385 e. The number of aryl methyl sites for hydroxylation is 1. The SMILES string of the molecule is COCCCCCn1c(N)nc2cc(C(F)(F)F)ccc21. The molecule has 1 heterocycles. The van der Waals surface area contributed by atoms with Gasteiger partial charge in [0.2, 0.25) is 5.95 Å². The fraction of sp³-hybridized carbons (Fsp3) is 0.500. The van der Waals surface area contributed by atoms with Gasteiger partial charge in [0.05, 0.1) is 16.6 Å².